The van der Waals surface area contributed by atoms with Crippen molar-refractivity contribution in [2.24, 2.45) is 0 Å². The van der Waals surface area contributed by atoms with Crippen LogP contribution in [0.4, 0.5) is 5.69 Å². The molecule has 0 aliphatic heterocycles. The third-order valence-electron chi connectivity index (χ3n) is 2.89. The number of benzene rings is 2. The van der Waals surface area contributed by atoms with E-state index in [0.29, 0.717) is 12.1 Å². The quantitative estimate of drug-likeness (QED) is 0.391. The van der Waals surface area contributed by atoms with Gasteiger partial charge in [-0.1, -0.05) is 42.5 Å². The molecule has 0 bridgehead atoms. The Morgan fingerprint density at radius 2 is 1.67 bits per heavy atom. The molecule has 0 saturated carbocycles. The van der Waals surface area contributed by atoms with E-state index in [1.165, 1.54) is 18.2 Å². The van der Waals surface area contributed by atoms with Gasteiger partial charge in [-0.05, 0) is 29.3 Å². The van der Waals surface area contributed by atoms with Gasteiger partial charge in [-0.25, -0.2) is 8.42 Å². The molecule has 0 aliphatic rings. The summed E-state index contributed by atoms with van der Waals surface area (Å²) in [5.41, 5.74) is 1.88. The molecule has 0 aliphatic carbocycles. The van der Waals surface area contributed by atoms with Crippen molar-refractivity contribution in [1.82, 2.24) is 5.32 Å². The Balaban J connectivity index is 0.00000288. The molecule has 6 nitrogen and oxygen atoms in total. The maximum atomic E-state index is 11.7. The molecule has 0 atom stereocenters. The fourth-order valence-corrected chi connectivity index (χ4v) is 2.25. The first kappa shape index (κ1) is 20.4. The number of carbonyl (C=O) groups excluding carboxylic acids is 1. The maximum Gasteiger partial charge on any atom is 1.00 e. The van der Waals surface area contributed by atoms with Gasteiger partial charge in [0.05, 0.1) is 0 Å². The first-order valence-electron chi connectivity index (χ1n) is 6.76. The minimum atomic E-state index is -4.53. The Bertz CT molecular complexity index is 791. The van der Waals surface area contributed by atoms with Gasteiger partial charge >= 0.3 is 29.6 Å². The standard InChI is InChI=1S/C16H16N2O4S.Na/c19-16(17-12-14-4-2-1-3-5-14)11-8-13-6-9-15(10-7-13)18-23(20,21)22;/h1-11,18H,12H2,(H,17,19)(H,20,21,22);/q;+1/p-1/b11-8+;. The third-order valence-corrected chi connectivity index (χ3v) is 3.38. The normalized spacial score (nSPS) is 10.9. The molecule has 24 heavy (non-hydrogen) atoms. The summed E-state index contributed by atoms with van der Waals surface area (Å²) in [6, 6.07) is 15.6. The average molecular weight is 354 g/mol. The molecule has 0 unspecified atom stereocenters. The number of nitrogens with one attached hydrogen (secondary N) is 2. The molecule has 1 amide bonds. The Morgan fingerprint density at radius 3 is 2.25 bits per heavy atom. The van der Waals surface area contributed by atoms with Gasteiger partial charge < -0.3 is 9.87 Å². The molecule has 0 heterocycles. The molecule has 2 aromatic rings. The molecule has 2 N–H and O–H groups in total. The zero-order valence-electron chi connectivity index (χ0n) is 13.1. The van der Waals surface area contributed by atoms with E-state index in [2.05, 4.69) is 5.32 Å². The van der Waals surface area contributed by atoms with E-state index in [4.69, 9.17) is 0 Å². The molecule has 2 aromatic carbocycles. The van der Waals surface area contributed by atoms with Gasteiger partial charge in [0.25, 0.3) is 0 Å². The predicted octanol–water partition coefficient (Wildman–Crippen LogP) is -1.11. The van der Waals surface area contributed by atoms with Gasteiger partial charge in [-0.2, -0.15) is 0 Å². The van der Waals surface area contributed by atoms with E-state index < -0.39 is 10.3 Å². The largest absolute Gasteiger partial charge is 1.00 e. The Labute approximate surface area is 163 Å². The van der Waals surface area contributed by atoms with Gasteiger partial charge in [0.1, 0.15) is 0 Å². The van der Waals surface area contributed by atoms with Gasteiger partial charge in [0, 0.05) is 18.3 Å². The number of rotatable bonds is 6. The third kappa shape index (κ3) is 7.76. The van der Waals surface area contributed by atoms with Crippen molar-refractivity contribution in [2.75, 3.05) is 4.72 Å². The zero-order valence-corrected chi connectivity index (χ0v) is 15.9. The van der Waals surface area contributed by atoms with Gasteiger partial charge in [-0.15, -0.1) is 0 Å². The second-order valence-electron chi connectivity index (χ2n) is 4.71. The summed E-state index contributed by atoms with van der Waals surface area (Å²) < 4.78 is 33.5. The second kappa shape index (κ2) is 9.61. The Hall–Kier alpha value is -1.64. The van der Waals surface area contributed by atoms with Crippen molar-refractivity contribution in [3.63, 3.8) is 0 Å². The van der Waals surface area contributed by atoms with E-state index in [0.717, 1.165) is 5.56 Å². The Kier molecular flexibility index (Phi) is 8.17. The fourth-order valence-electron chi connectivity index (χ4n) is 1.82. The summed E-state index contributed by atoms with van der Waals surface area (Å²) in [5, 5.41) is 2.75. The molecule has 0 saturated heterocycles. The number of hydrogen-bond donors (Lipinski definition) is 2. The van der Waals surface area contributed by atoms with E-state index in [1.807, 2.05) is 35.1 Å². The second-order valence-corrected chi connectivity index (χ2v) is 5.83. The summed E-state index contributed by atoms with van der Waals surface area (Å²) in [4.78, 5) is 11.7. The predicted molar refractivity (Wildman–Crippen MR) is 87.1 cm³/mol. The van der Waals surface area contributed by atoms with E-state index >= 15 is 0 Å². The van der Waals surface area contributed by atoms with Crippen LogP contribution in [0.2, 0.25) is 0 Å². The van der Waals surface area contributed by atoms with E-state index in [-0.39, 0.29) is 41.2 Å². The van der Waals surface area contributed by atoms with Crippen molar-refractivity contribution < 1.29 is 47.3 Å². The average Bonchev–Trinajstić information content (AvgIpc) is 2.52. The van der Waals surface area contributed by atoms with Crippen LogP contribution in [0.25, 0.3) is 6.08 Å². The summed E-state index contributed by atoms with van der Waals surface area (Å²) in [6.07, 6.45) is 2.98. The van der Waals surface area contributed by atoms with Crippen LogP contribution in [0.3, 0.4) is 0 Å². The number of anilines is 1. The smallest absolute Gasteiger partial charge is 0.731 e. The molecular formula is C16H15N2NaO4S. The minimum Gasteiger partial charge on any atom is -0.731 e. The van der Waals surface area contributed by atoms with Gasteiger partial charge in [0.15, 0.2) is 10.3 Å². The van der Waals surface area contributed by atoms with Crippen molar-refractivity contribution in [1.29, 1.82) is 0 Å². The van der Waals surface area contributed by atoms with Crippen LogP contribution in [-0.2, 0) is 21.6 Å². The monoisotopic (exact) mass is 354 g/mol. The fraction of sp³-hybridized carbons (Fsp3) is 0.0625. The van der Waals surface area contributed by atoms with Crippen molar-refractivity contribution in [2.45, 2.75) is 6.54 Å². The topological polar surface area (TPSA) is 98.3 Å². The molecule has 2 rings (SSSR count). The van der Waals surface area contributed by atoms with E-state index in [1.54, 1.807) is 18.2 Å². The number of hydrogen-bond acceptors (Lipinski definition) is 4. The van der Waals surface area contributed by atoms with Gasteiger partial charge in [-0.3, -0.25) is 9.52 Å². The Morgan fingerprint density at radius 1 is 1.04 bits per heavy atom. The van der Waals surface area contributed by atoms with Crippen molar-refractivity contribution in [3.8, 4) is 0 Å². The van der Waals surface area contributed by atoms with Crippen molar-refractivity contribution in [3.05, 3.63) is 71.8 Å². The summed E-state index contributed by atoms with van der Waals surface area (Å²) in [7, 11) is -4.53. The summed E-state index contributed by atoms with van der Waals surface area (Å²) in [5.74, 6) is -0.238. The molecular weight excluding hydrogens is 339 g/mol. The first-order valence-corrected chi connectivity index (χ1v) is 8.17. The van der Waals surface area contributed by atoms with Crippen LogP contribution in [0.15, 0.2) is 60.7 Å². The SMILES string of the molecule is O=C(/C=C/c1ccc(NS(=O)(=O)[O-])cc1)NCc1ccccc1.[Na+]. The molecule has 0 aromatic heterocycles. The van der Waals surface area contributed by atoms with Crippen LogP contribution in [-0.4, -0.2) is 18.9 Å². The number of amides is 1. The van der Waals surface area contributed by atoms with Crippen LogP contribution in [0, 0.1) is 0 Å². The van der Waals surface area contributed by atoms with E-state index in [9.17, 15) is 17.8 Å². The van der Waals surface area contributed by atoms with Crippen LogP contribution >= 0.6 is 0 Å². The maximum absolute atomic E-state index is 11.7. The molecule has 0 spiro atoms. The molecule has 0 fully saturated rings. The van der Waals surface area contributed by atoms with Crippen LogP contribution < -0.4 is 39.6 Å². The summed E-state index contributed by atoms with van der Waals surface area (Å²) in [6.45, 7) is 0.439. The van der Waals surface area contributed by atoms with Crippen LogP contribution in [0.1, 0.15) is 11.1 Å². The molecule has 0 radical (unpaired) electrons. The minimum absolute atomic E-state index is 0. The number of carbonyl (C=O) groups is 1. The molecule has 8 heteroatoms. The molecule has 120 valence electrons. The first-order chi connectivity index (χ1) is 10.9. The summed E-state index contributed by atoms with van der Waals surface area (Å²) >= 11 is 0. The zero-order chi connectivity index (χ0) is 16.7. The van der Waals surface area contributed by atoms with Crippen molar-refractivity contribution >= 4 is 28.0 Å². The van der Waals surface area contributed by atoms with Crippen LogP contribution in [0.5, 0.6) is 0 Å². The van der Waals surface area contributed by atoms with Gasteiger partial charge in [0.2, 0.25) is 5.91 Å².